The average molecular weight is 528 g/mol. The second-order valence-electron chi connectivity index (χ2n) is 8.64. The van der Waals surface area contributed by atoms with Gasteiger partial charge in [-0.2, -0.15) is 0 Å². The van der Waals surface area contributed by atoms with Crippen LogP contribution in [-0.2, 0) is 16.1 Å². The number of anilines is 1. The molecule has 8 nitrogen and oxygen atoms in total. The molecule has 2 aliphatic heterocycles. The fraction of sp³-hybridized carbons (Fsp3) is 0.308. The molecule has 10 heteroatoms. The van der Waals surface area contributed by atoms with Crippen molar-refractivity contribution in [1.29, 1.82) is 0 Å². The maximum absolute atomic E-state index is 12.9. The number of methoxy groups -OCH3 is 1. The van der Waals surface area contributed by atoms with Crippen LogP contribution in [0, 0.1) is 0 Å². The Labute approximate surface area is 218 Å². The molecule has 0 aliphatic carbocycles. The monoisotopic (exact) mass is 527 g/mol. The molecular weight excluding hydrogens is 502 g/mol. The van der Waals surface area contributed by atoms with E-state index in [2.05, 4.69) is 21.2 Å². The number of halogens is 1. The lowest BCUT2D eigenvalue weighted by atomic mass is 10.0. The second-order valence-corrected chi connectivity index (χ2v) is 9.96. The van der Waals surface area contributed by atoms with Crippen molar-refractivity contribution in [3.05, 3.63) is 64.0 Å². The quantitative estimate of drug-likeness (QED) is 0.458. The smallest absolute Gasteiger partial charge is 0.341 e. The maximum Gasteiger partial charge on any atom is 0.341 e. The van der Waals surface area contributed by atoms with Gasteiger partial charge in [0.05, 0.1) is 13.7 Å². The molecule has 1 N–H and O–H groups in total. The van der Waals surface area contributed by atoms with Gasteiger partial charge in [0.1, 0.15) is 10.6 Å². The van der Waals surface area contributed by atoms with Crippen LogP contribution in [0.5, 0.6) is 11.5 Å². The van der Waals surface area contributed by atoms with Crippen molar-refractivity contribution in [2.24, 2.45) is 0 Å². The summed E-state index contributed by atoms with van der Waals surface area (Å²) in [5.41, 5.74) is 3.06. The van der Waals surface area contributed by atoms with Crippen molar-refractivity contribution in [1.82, 2.24) is 9.80 Å². The van der Waals surface area contributed by atoms with Crippen LogP contribution in [0.3, 0.4) is 0 Å². The van der Waals surface area contributed by atoms with Crippen molar-refractivity contribution >= 4 is 39.8 Å². The zero-order valence-corrected chi connectivity index (χ0v) is 21.4. The molecule has 3 aromatic rings. The van der Waals surface area contributed by atoms with Gasteiger partial charge in [0.15, 0.2) is 11.5 Å². The molecule has 0 radical (unpaired) electrons. The standard InChI is InChI=1S/C26H26ClN3O5S/c1-33-26(32)24-20(18-3-5-19(27)6-4-18)15-36-25(24)28-23(31)14-30-10-8-29(9-11-30)13-17-2-7-21-22(12-17)35-16-34-21/h2-7,12,15H,8-11,13-14,16H2,1H3,(H,28,31). The number of nitrogens with zero attached hydrogens (tertiary/aromatic N) is 2. The largest absolute Gasteiger partial charge is 0.465 e. The van der Waals surface area contributed by atoms with Crippen LogP contribution < -0.4 is 14.8 Å². The number of amides is 1. The van der Waals surface area contributed by atoms with E-state index in [9.17, 15) is 9.59 Å². The zero-order chi connectivity index (χ0) is 25.1. The Morgan fingerprint density at radius 1 is 1.03 bits per heavy atom. The van der Waals surface area contributed by atoms with E-state index in [-0.39, 0.29) is 19.2 Å². The van der Waals surface area contributed by atoms with Gasteiger partial charge >= 0.3 is 5.97 Å². The molecule has 1 amide bonds. The summed E-state index contributed by atoms with van der Waals surface area (Å²) in [7, 11) is 1.33. The van der Waals surface area contributed by atoms with Crippen molar-refractivity contribution < 1.29 is 23.8 Å². The predicted molar refractivity (Wildman–Crippen MR) is 139 cm³/mol. The molecule has 2 aromatic carbocycles. The number of carbonyl (C=O) groups is 2. The van der Waals surface area contributed by atoms with E-state index in [1.54, 1.807) is 12.1 Å². The number of carbonyl (C=O) groups excluding carboxylic acids is 2. The topological polar surface area (TPSA) is 80.3 Å². The minimum absolute atomic E-state index is 0.158. The van der Waals surface area contributed by atoms with Crippen LogP contribution in [0.1, 0.15) is 15.9 Å². The Balaban J connectivity index is 1.17. The fourth-order valence-electron chi connectivity index (χ4n) is 4.37. The SMILES string of the molecule is COC(=O)c1c(-c2ccc(Cl)cc2)csc1NC(=O)CN1CCN(Cc2ccc3c(c2)OCO3)CC1. The number of piperazine rings is 1. The summed E-state index contributed by atoms with van der Waals surface area (Å²) in [4.78, 5) is 29.9. The van der Waals surface area contributed by atoms with Crippen LogP contribution in [0.25, 0.3) is 11.1 Å². The zero-order valence-electron chi connectivity index (χ0n) is 19.8. The van der Waals surface area contributed by atoms with Crippen molar-refractivity contribution in [3.8, 4) is 22.6 Å². The Kier molecular flexibility index (Phi) is 7.43. The third-order valence-electron chi connectivity index (χ3n) is 6.26. The van der Waals surface area contributed by atoms with Gasteiger partial charge in [0, 0.05) is 48.7 Å². The number of benzene rings is 2. The number of rotatable bonds is 7. The lowest BCUT2D eigenvalue weighted by Crippen LogP contribution is -2.48. The van der Waals surface area contributed by atoms with E-state index in [4.69, 9.17) is 25.8 Å². The summed E-state index contributed by atoms with van der Waals surface area (Å²) in [6.07, 6.45) is 0. The summed E-state index contributed by atoms with van der Waals surface area (Å²) in [5.74, 6) is 0.931. The van der Waals surface area contributed by atoms with Gasteiger partial charge in [0.2, 0.25) is 12.7 Å². The molecule has 1 fully saturated rings. The van der Waals surface area contributed by atoms with Gasteiger partial charge in [-0.15, -0.1) is 11.3 Å². The van der Waals surface area contributed by atoms with Gasteiger partial charge in [-0.05, 0) is 35.4 Å². The summed E-state index contributed by atoms with van der Waals surface area (Å²) in [5, 5.41) is 5.86. The van der Waals surface area contributed by atoms with E-state index >= 15 is 0 Å². The first-order valence-electron chi connectivity index (χ1n) is 11.6. The summed E-state index contributed by atoms with van der Waals surface area (Å²) in [6.45, 7) is 4.62. The number of hydrogen-bond donors (Lipinski definition) is 1. The van der Waals surface area contributed by atoms with Crippen LogP contribution in [0.4, 0.5) is 5.00 Å². The summed E-state index contributed by atoms with van der Waals surface area (Å²) >= 11 is 7.31. The normalized spacial score (nSPS) is 15.6. The molecule has 0 bridgehead atoms. The number of nitrogens with one attached hydrogen (secondary N) is 1. The van der Waals surface area contributed by atoms with Crippen LogP contribution in [-0.4, -0.2) is 68.3 Å². The van der Waals surface area contributed by atoms with E-state index in [1.807, 2.05) is 29.6 Å². The van der Waals surface area contributed by atoms with Crippen molar-refractivity contribution in [3.63, 3.8) is 0 Å². The van der Waals surface area contributed by atoms with Crippen molar-refractivity contribution in [2.75, 3.05) is 51.9 Å². The van der Waals surface area contributed by atoms with Gasteiger partial charge in [-0.3, -0.25) is 14.6 Å². The minimum atomic E-state index is -0.492. The molecule has 1 saturated heterocycles. The molecule has 0 atom stereocenters. The second kappa shape index (κ2) is 10.9. The average Bonchev–Trinajstić information content (AvgIpc) is 3.52. The molecule has 0 saturated carbocycles. The van der Waals surface area contributed by atoms with Crippen LogP contribution in [0.2, 0.25) is 5.02 Å². The molecule has 2 aliphatic rings. The molecule has 0 unspecified atom stereocenters. The summed E-state index contributed by atoms with van der Waals surface area (Å²) in [6, 6.07) is 13.2. The third kappa shape index (κ3) is 5.49. The van der Waals surface area contributed by atoms with E-state index in [0.717, 1.165) is 49.8 Å². The minimum Gasteiger partial charge on any atom is -0.465 e. The number of thiophene rings is 1. The Morgan fingerprint density at radius 2 is 1.75 bits per heavy atom. The fourth-order valence-corrected chi connectivity index (χ4v) is 5.47. The molecule has 1 aromatic heterocycles. The highest BCUT2D eigenvalue weighted by molar-refractivity contribution is 7.15. The highest BCUT2D eigenvalue weighted by atomic mass is 35.5. The Morgan fingerprint density at radius 3 is 2.50 bits per heavy atom. The summed E-state index contributed by atoms with van der Waals surface area (Å²) < 4.78 is 15.9. The van der Waals surface area contributed by atoms with Gasteiger partial charge < -0.3 is 19.5 Å². The molecule has 3 heterocycles. The first kappa shape index (κ1) is 24.6. The first-order chi connectivity index (χ1) is 17.5. The highest BCUT2D eigenvalue weighted by Crippen LogP contribution is 2.37. The first-order valence-corrected chi connectivity index (χ1v) is 12.8. The van der Waals surface area contributed by atoms with E-state index in [0.29, 0.717) is 21.2 Å². The Hall–Kier alpha value is -3.11. The molecule has 188 valence electrons. The highest BCUT2D eigenvalue weighted by Gasteiger charge is 2.24. The van der Waals surface area contributed by atoms with Crippen LogP contribution in [0.15, 0.2) is 47.8 Å². The number of fused-ring (bicyclic) bond motifs is 1. The van der Waals surface area contributed by atoms with E-state index < -0.39 is 5.97 Å². The maximum atomic E-state index is 12.9. The lowest BCUT2D eigenvalue weighted by molar-refractivity contribution is -0.117. The molecule has 0 spiro atoms. The third-order valence-corrected chi connectivity index (χ3v) is 7.41. The lowest BCUT2D eigenvalue weighted by Gasteiger charge is -2.34. The van der Waals surface area contributed by atoms with Crippen LogP contribution >= 0.6 is 22.9 Å². The molecular formula is C26H26ClN3O5S. The van der Waals surface area contributed by atoms with Gasteiger partial charge in [-0.1, -0.05) is 29.8 Å². The van der Waals surface area contributed by atoms with Crippen molar-refractivity contribution in [2.45, 2.75) is 6.54 Å². The van der Waals surface area contributed by atoms with E-state index in [1.165, 1.54) is 24.0 Å². The van der Waals surface area contributed by atoms with Gasteiger partial charge in [0.25, 0.3) is 0 Å². The Bertz CT molecular complexity index is 1250. The van der Waals surface area contributed by atoms with Gasteiger partial charge in [-0.25, -0.2) is 4.79 Å². The number of ether oxygens (including phenoxy) is 3. The molecule has 5 rings (SSSR count). The predicted octanol–water partition coefficient (Wildman–Crippen LogP) is 4.34. The number of hydrogen-bond acceptors (Lipinski definition) is 8. The number of esters is 1. The molecule has 36 heavy (non-hydrogen) atoms.